The van der Waals surface area contributed by atoms with Crippen molar-refractivity contribution in [2.75, 3.05) is 26.4 Å². The van der Waals surface area contributed by atoms with Crippen molar-refractivity contribution in [3.05, 3.63) is 72.9 Å². The van der Waals surface area contributed by atoms with Crippen LogP contribution >= 0.6 is 0 Å². The summed E-state index contributed by atoms with van der Waals surface area (Å²) in [5.41, 5.74) is 0. The predicted octanol–water partition coefficient (Wildman–Crippen LogP) is 11.7. The summed E-state index contributed by atoms with van der Waals surface area (Å²) in [5, 5.41) is 121. The van der Waals surface area contributed by atoms with Crippen molar-refractivity contribution < 1.29 is 89.4 Å². The monoisotopic (exact) mass is 1360 g/mol. The molecule has 3 fully saturated rings. The van der Waals surface area contributed by atoms with E-state index >= 15 is 0 Å². The number of aliphatic hydroxyl groups is 11. The lowest BCUT2D eigenvalue weighted by Gasteiger charge is -2.48. The number of carbonyl (C=O) groups is 1. The highest BCUT2D eigenvalue weighted by Crippen LogP contribution is 2.33. The maximum Gasteiger partial charge on any atom is 0.220 e. The fourth-order valence-corrected chi connectivity index (χ4v) is 12.5. The van der Waals surface area contributed by atoms with Crippen molar-refractivity contribution in [3.63, 3.8) is 0 Å². The Kier molecular flexibility index (Phi) is 52.7. The molecule has 0 radical (unpaired) electrons. The second-order valence-electron chi connectivity index (χ2n) is 27.1. The topological polar surface area (TPSA) is 307 Å². The van der Waals surface area contributed by atoms with Gasteiger partial charge in [-0.05, 0) is 83.5 Å². The first kappa shape index (κ1) is 87.4. The molecule has 3 aliphatic heterocycles. The molecule has 19 nitrogen and oxygen atoms in total. The van der Waals surface area contributed by atoms with Crippen LogP contribution < -0.4 is 5.32 Å². The Hall–Kier alpha value is -2.77. The number of hydrogen-bond donors (Lipinski definition) is 12. The molecule has 0 aromatic carbocycles. The maximum atomic E-state index is 13.4. The van der Waals surface area contributed by atoms with Crippen molar-refractivity contribution in [2.45, 2.75) is 381 Å². The van der Waals surface area contributed by atoms with E-state index < -0.39 is 124 Å². The zero-order valence-electron chi connectivity index (χ0n) is 59.3. The number of carbonyl (C=O) groups excluding carboxylic acids is 1. The first-order valence-corrected chi connectivity index (χ1v) is 38.2. The Labute approximate surface area is 578 Å². The van der Waals surface area contributed by atoms with Crippen molar-refractivity contribution in [1.82, 2.24) is 5.32 Å². The molecule has 0 spiro atoms. The van der Waals surface area contributed by atoms with Crippen LogP contribution in [-0.2, 0) is 33.2 Å². The molecule has 0 aromatic rings. The van der Waals surface area contributed by atoms with E-state index in [1.54, 1.807) is 6.08 Å². The molecule has 3 saturated heterocycles. The van der Waals surface area contributed by atoms with Crippen LogP contribution in [0.2, 0.25) is 0 Å². The first-order valence-electron chi connectivity index (χ1n) is 38.2. The van der Waals surface area contributed by atoms with Gasteiger partial charge in [-0.15, -0.1) is 0 Å². The summed E-state index contributed by atoms with van der Waals surface area (Å²) < 4.78 is 34.4. The molecule has 0 bridgehead atoms. The predicted molar refractivity (Wildman–Crippen MR) is 378 cm³/mol. The summed E-state index contributed by atoms with van der Waals surface area (Å²) >= 11 is 0. The summed E-state index contributed by atoms with van der Waals surface area (Å²) in [4.78, 5) is 13.4. The number of aliphatic hydroxyl groups excluding tert-OH is 11. The Balaban J connectivity index is 1.42. The Morgan fingerprint density at radius 3 is 1.11 bits per heavy atom. The highest BCUT2D eigenvalue weighted by molar-refractivity contribution is 5.76. The van der Waals surface area contributed by atoms with Crippen LogP contribution in [0.25, 0.3) is 0 Å². The molecule has 19 heteroatoms. The SMILES string of the molecule is CCCCCCC/C=C\C/C=C\C/C=C\CCCCCCCCCCCCCCC(=O)NC(COC1OC(CO)C(OC2OC(CO)C(OC3OC(CO)C(O)C(O)C3O)C(O)C2O)C(O)C1O)C(O)/C=C/CC/C=C/CC/C=C/CCCCCCCCCCCCCCCC. The lowest BCUT2D eigenvalue weighted by molar-refractivity contribution is -0.379. The second-order valence-corrected chi connectivity index (χ2v) is 27.1. The molecule has 1 amide bonds. The molecule has 0 aliphatic carbocycles. The van der Waals surface area contributed by atoms with Crippen molar-refractivity contribution in [1.29, 1.82) is 0 Å². The third-order valence-electron chi connectivity index (χ3n) is 18.7. The summed E-state index contributed by atoms with van der Waals surface area (Å²) in [6.45, 7) is 1.72. The lowest BCUT2D eigenvalue weighted by Crippen LogP contribution is -2.66. The summed E-state index contributed by atoms with van der Waals surface area (Å²) in [7, 11) is 0. The van der Waals surface area contributed by atoms with Crippen LogP contribution in [0.1, 0.15) is 277 Å². The number of rotatable bonds is 59. The van der Waals surface area contributed by atoms with Gasteiger partial charge in [0, 0.05) is 6.42 Å². The third-order valence-corrected chi connectivity index (χ3v) is 18.7. The zero-order chi connectivity index (χ0) is 69.6. The molecule has 96 heavy (non-hydrogen) atoms. The van der Waals surface area contributed by atoms with Gasteiger partial charge in [0.05, 0.1) is 38.6 Å². The van der Waals surface area contributed by atoms with E-state index in [0.29, 0.717) is 12.8 Å². The van der Waals surface area contributed by atoms with Crippen molar-refractivity contribution in [2.24, 2.45) is 0 Å². The summed E-state index contributed by atoms with van der Waals surface area (Å²) in [6, 6.07) is -1.00. The van der Waals surface area contributed by atoms with Crippen LogP contribution in [0.15, 0.2) is 72.9 Å². The molecule has 3 heterocycles. The number of nitrogens with one attached hydrogen (secondary N) is 1. The third kappa shape index (κ3) is 38.3. The van der Waals surface area contributed by atoms with Crippen LogP contribution in [0.3, 0.4) is 0 Å². The molecule has 3 rings (SSSR count). The summed E-state index contributed by atoms with van der Waals surface area (Å²) in [5.74, 6) is -0.291. The lowest BCUT2D eigenvalue weighted by atomic mass is 9.96. The van der Waals surface area contributed by atoms with Crippen LogP contribution in [0.5, 0.6) is 0 Å². The van der Waals surface area contributed by atoms with Gasteiger partial charge >= 0.3 is 0 Å². The van der Waals surface area contributed by atoms with Gasteiger partial charge in [-0.1, -0.05) is 260 Å². The van der Waals surface area contributed by atoms with Crippen LogP contribution in [0.4, 0.5) is 0 Å². The van der Waals surface area contributed by atoms with E-state index in [0.717, 1.165) is 70.6 Å². The average Bonchev–Trinajstić information content (AvgIpc) is 1.09. The van der Waals surface area contributed by atoms with E-state index in [2.05, 4.69) is 79.9 Å². The maximum absolute atomic E-state index is 13.4. The molecule has 0 saturated carbocycles. The normalized spacial score (nSPS) is 27.4. The van der Waals surface area contributed by atoms with Gasteiger partial charge < -0.3 is 89.9 Å². The fourth-order valence-electron chi connectivity index (χ4n) is 12.5. The van der Waals surface area contributed by atoms with Crippen LogP contribution in [0, 0.1) is 0 Å². The van der Waals surface area contributed by atoms with E-state index in [4.69, 9.17) is 28.4 Å². The van der Waals surface area contributed by atoms with Gasteiger partial charge in [0.25, 0.3) is 0 Å². The minimum atomic E-state index is -1.99. The molecule has 0 aromatic heterocycles. The first-order chi connectivity index (χ1) is 46.8. The molecule has 3 aliphatic rings. The minimum absolute atomic E-state index is 0.227. The number of ether oxygens (including phenoxy) is 6. The Morgan fingerprint density at radius 1 is 0.375 bits per heavy atom. The zero-order valence-corrected chi connectivity index (χ0v) is 59.3. The molecule has 17 unspecified atom stereocenters. The highest BCUT2D eigenvalue weighted by atomic mass is 16.8. The van der Waals surface area contributed by atoms with Gasteiger partial charge in [-0.25, -0.2) is 0 Å². The van der Waals surface area contributed by atoms with Gasteiger partial charge in [-0.2, -0.15) is 0 Å². The Bertz CT molecular complexity index is 2020. The quantitative estimate of drug-likeness (QED) is 0.0199. The molecule has 12 N–H and O–H groups in total. The fraction of sp³-hybridized carbons (Fsp3) is 0.831. The van der Waals surface area contributed by atoms with E-state index in [9.17, 15) is 61.0 Å². The van der Waals surface area contributed by atoms with Crippen molar-refractivity contribution in [3.8, 4) is 0 Å². The van der Waals surface area contributed by atoms with Crippen molar-refractivity contribution >= 4 is 5.91 Å². The molecular weight excluding hydrogens is 1230 g/mol. The number of amides is 1. The average molecular weight is 1360 g/mol. The number of unbranched alkanes of at least 4 members (excludes halogenated alkanes) is 33. The molecule has 558 valence electrons. The summed E-state index contributed by atoms with van der Waals surface area (Å²) in [6.07, 6.45) is 47.3. The van der Waals surface area contributed by atoms with Gasteiger partial charge in [0.2, 0.25) is 5.91 Å². The van der Waals surface area contributed by atoms with Gasteiger partial charge in [0.1, 0.15) is 73.2 Å². The smallest absolute Gasteiger partial charge is 0.220 e. The second kappa shape index (κ2) is 57.8. The van der Waals surface area contributed by atoms with Gasteiger partial charge in [0.15, 0.2) is 18.9 Å². The van der Waals surface area contributed by atoms with Crippen LogP contribution in [-0.4, -0.2) is 193 Å². The standard InChI is InChI=1S/C77H137NO18/c1-3-5-7-9-11-13-15-17-19-21-23-25-27-29-30-31-33-35-37-39-41-43-45-47-49-51-53-55-65(83)78-60(61(82)54-52-50-48-46-44-42-40-38-36-34-32-28-26-24-22-20-18-16-14-12-10-8-6-4-2)59-91-75-71(89)68(86)73(63(57-80)93-75)96-77-72(90)69(87)74(64(58-81)94-77)95-76-70(88)67(85)66(84)62(56-79)92-76/h15,17,21,23,27,29,36,38,44,46,52,54,60-64,66-77,79-82,84-90H,3-14,16,18-20,22,24-26,28,30-35,37,39-43,45,47-51,53,55-59H2,1-2H3,(H,78,83)/b17-15-,23-21-,29-27-,38-36+,46-44+,54-52+. The number of allylic oxidation sites excluding steroid dienone is 11. The molecular formula is C77H137NO18. The minimum Gasteiger partial charge on any atom is -0.394 e. The van der Waals surface area contributed by atoms with E-state index in [1.807, 2.05) is 6.08 Å². The largest absolute Gasteiger partial charge is 0.394 e. The van der Waals surface area contributed by atoms with E-state index in [-0.39, 0.29) is 18.9 Å². The highest BCUT2D eigenvalue weighted by Gasteiger charge is 2.53. The number of hydrogen-bond acceptors (Lipinski definition) is 18. The molecule has 17 atom stereocenters. The Morgan fingerprint density at radius 2 is 0.698 bits per heavy atom. The van der Waals surface area contributed by atoms with E-state index in [1.165, 1.54) is 173 Å². The van der Waals surface area contributed by atoms with Gasteiger partial charge in [-0.3, -0.25) is 4.79 Å².